The van der Waals surface area contributed by atoms with Crippen LogP contribution in [0.1, 0.15) is 46.6 Å². The zero-order valence-corrected chi connectivity index (χ0v) is 14.2. The fraction of sp³-hybridized carbons (Fsp3) is 0.588. The fourth-order valence-corrected chi connectivity index (χ4v) is 1.92. The molecule has 0 saturated carbocycles. The predicted octanol–water partition coefficient (Wildman–Crippen LogP) is 3.40. The Morgan fingerprint density at radius 2 is 1.86 bits per heavy atom. The van der Waals surface area contributed by atoms with Gasteiger partial charge in [-0.2, -0.15) is 0 Å². The highest BCUT2D eigenvalue weighted by Crippen LogP contribution is 2.09. The van der Waals surface area contributed by atoms with Crippen LogP contribution in [-0.4, -0.2) is 23.8 Å². The van der Waals surface area contributed by atoms with Crippen LogP contribution in [0.5, 0.6) is 0 Å². The lowest BCUT2D eigenvalue weighted by Crippen LogP contribution is -2.50. The van der Waals surface area contributed by atoms with Crippen LogP contribution in [0.15, 0.2) is 30.3 Å². The number of hydrogen-bond donors (Lipinski definition) is 2. The third-order valence-corrected chi connectivity index (χ3v) is 3.12. The van der Waals surface area contributed by atoms with E-state index in [9.17, 15) is 4.79 Å². The summed E-state index contributed by atoms with van der Waals surface area (Å²) in [5.41, 5.74) is 6.17. The van der Waals surface area contributed by atoms with E-state index >= 15 is 0 Å². The van der Waals surface area contributed by atoms with E-state index in [1.54, 1.807) is 0 Å². The minimum Gasteiger partial charge on any atom is -0.443 e. The summed E-state index contributed by atoms with van der Waals surface area (Å²) in [6.45, 7) is 10.1. The highest BCUT2D eigenvalue weighted by Gasteiger charge is 2.19. The van der Waals surface area contributed by atoms with Gasteiger partial charge in [0.2, 0.25) is 0 Å². The molecule has 0 aliphatic carbocycles. The molecule has 1 rings (SSSR count). The molecule has 0 saturated heterocycles. The minimum absolute atomic E-state index is 0.0104. The molecule has 2 atom stereocenters. The number of amides is 1. The quantitative estimate of drug-likeness (QED) is 0.758. The highest BCUT2D eigenvalue weighted by atomic mass is 16.6. The van der Waals surface area contributed by atoms with Crippen molar-refractivity contribution in [2.75, 3.05) is 0 Å². The molecular weight excluding hydrogens is 280 g/mol. The Morgan fingerprint density at radius 1 is 1.23 bits per heavy atom. The Kier molecular flexibility index (Phi) is 7.35. The maximum absolute atomic E-state index is 11.6. The molecule has 2 N–H and O–H groups in total. The largest absolute Gasteiger partial charge is 0.443 e. The summed E-state index contributed by atoms with van der Waals surface area (Å²) in [5, 5.41) is 0. The first-order chi connectivity index (χ1) is 10.3. The first-order valence-corrected chi connectivity index (χ1v) is 7.72. The molecule has 1 aromatic rings. The van der Waals surface area contributed by atoms with Crippen LogP contribution in [0.4, 0.5) is 4.79 Å². The van der Waals surface area contributed by atoms with Gasteiger partial charge in [-0.3, -0.25) is 5.43 Å². The molecule has 0 fully saturated rings. The smallest absolute Gasteiger partial charge is 0.422 e. The Labute approximate surface area is 133 Å². The van der Waals surface area contributed by atoms with E-state index in [2.05, 4.69) is 10.9 Å². The number of benzene rings is 1. The van der Waals surface area contributed by atoms with Gasteiger partial charge in [0.1, 0.15) is 5.60 Å². The molecule has 1 unspecified atom stereocenters. The number of carbonyl (C=O) groups excluding carboxylic acids is 1. The summed E-state index contributed by atoms with van der Waals surface area (Å²) >= 11 is 0. The van der Waals surface area contributed by atoms with Gasteiger partial charge in [-0.15, -0.1) is 0 Å². The standard InChI is InChI=1S/C17H28N2O3/c1-6-15(18-19-16(20)22-17(3,4)5)13(2)21-12-14-10-8-7-9-11-14/h7-11,13,15,18H,6,12H2,1-5H3,(H,19,20)/t13-,15?/m0/s1. The maximum Gasteiger partial charge on any atom is 0.422 e. The summed E-state index contributed by atoms with van der Waals surface area (Å²) in [6, 6.07) is 10.0. The van der Waals surface area contributed by atoms with Gasteiger partial charge in [0, 0.05) is 0 Å². The van der Waals surface area contributed by atoms with E-state index in [-0.39, 0.29) is 12.1 Å². The lowest BCUT2D eigenvalue weighted by atomic mass is 10.1. The van der Waals surface area contributed by atoms with Gasteiger partial charge >= 0.3 is 6.09 Å². The van der Waals surface area contributed by atoms with E-state index in [0.717, 1.165) is 12.0 Å². The summed E-state index contributed by atoms with van der Waals surface area (Å²) in [5.74, 6) is 0. The SMILES string of the molecule is CCC(NNC(=O)OC(C)(C)C)[C@H](C)OCc1ccccc1. The Hall–Kier alpha value is -1.59. The minimum atomic E-state index is -0.511. The second kappa shape index (κ2) is 8.76. The van der Waals surface area contributed by atoms with Crippen molar-refractivity contribution in [2.45, 2.75) is 65.4 Å². The zero-order chi connectivity index (χ0) is 16.6. The first-order valence-electron chi connectivity index (χ1n) is 7.72. The number of hydrazine groups is 1. The van der Waals surface area contributed by atoms with Gasteiger partial charge in [-0.25, -0.2) is 10.2 Å². The van der Waals surface area contributed by atoms with Crippen LogP contribution >= 0.6 is 0 Å². The van der Waals surface area contributed by atoms with Crippen molar-refractivity contribution in [3.63, 3.8) is 0 Å². The van der Waals surface area contributed by atoms with E-state index in [4.69, 9.17) is 9.47 Å². The maximum atomic E-state index is 11.6. The summed E-state index contributed by atoms with van der Waals surface area (Å²) < 4.78 is 11.0. The number of ether oxygens (including phenoxy) is 2. The number of nitrogens with one attached hydrogen (secondary N) is 2. The van der Waals surface area contributed by atoms with Crippen LogP contribution in [0, 0.1) is 0 Å². The lowest BCUT2D eigenvalue weighted by molar-refractivity contribution is 0.0168. The van der Waals surface area contributed by atoms with Crippen LogP contribution in [0.2, 0.25) is 0 Å². The van der Waals surface area contributed by atoms with E-state index < -0.39 is 11.7 Å². The van der Waals surface area contributed by atoms with E-state index in [1.165, 1.54) is 0 Å². The van der Waals surface area contributed by atoms with Gasteiger partial charge in [0.05, 0.1) is 18.8 Å². The predicted molar refractivity (Wildman–Crippen MR) is 87.3 cm³/mol. The molecule has 124 valence electrons. The molecule has 0 radical (unpaired) electrons. The van der Waals surface area contributed by atoms with Crippen molar-refractivity contribution < 1.29 is 14.3 Å². The topological polar surface area (TPSA) is 59.6 Å². The molecule has 0 bridgehead atoms. The van der Waals surface area contributed by atoms with Crippen molar-refractivity contribution in [2.24, 2.45) is 0 Å². The number of rotatable bonds is 7. The van der Waals surface area contributed by atoms with Gasteiger partial charge in [-0.1, -0.05) is 37.3 Å². The Bertz CT molecular complexity index is 443. The molecule has 0 aromatic heterocycles. The third kappa shape index (κ3) is 7.43. The molecule has 22 heavy (non-hydrogen) atoms. The summed E-state index contributed by atoms with van der Waals surface area (Å²) in [4.78, 5) is 11.6. The van der Waals surface area contributed by atoms with Crippen LogP contribution in [-0.2, 0) is 16.1 Å². The molecule has 0 aliphatic rings. The molecule has 0 heterocycles. The number of carbonyl (C=O) groups is 1. The zero-order valence-electron chi connectivity index (χ0n) is 14.2. The third-order valence-electron chi connectivity index (χ3n) is 3.12. The van der Waals surface area contributed by atoms with Crippen molar-refractivity contribution >= 4 is 6.09 Å². The monoisotopic (exact) mass is 308 g/mol. The average molecular weight is 308 g/mol. The van der Waals surface area contributed by atoms with Gasteiger partial charge in [0.15, 0.2) is 0 Å². The fourth-order valence-electron chi connectivity index (χ4n) is 1.92. The summed E-state index contributed by atoms with van der Waals surface area (Å²) in [7, 11) is 0. The van der Waals surface area contributed by atoms with Gasteiger partial charge < -0.3 is 9.47 Å². The normalized spacial score (nSPS) is 14.2. The van der Waals surface area contributed by atoms with Crippen molar-refractivity contribution in [1.29, 1.82) is 0 Å². The molecule has 1 amide bonds. The van der Waals surface area contributed by atoms with Gasteiger partial charge in [-0.05, 0) is 39.7 Å². The van der Waals surface area contributed by atoms with Gasteiger partial charge in [0.25, 0.3) is 0 Å². The molecule has 0 spiro atoms. The Morgan fingerprint density at radius 3 is 2.41 bits per heavy atom. The molecule has 0 aliphatic heterocycles. The van der Waals surface area contributed by atoms with Crippen LogP contribution in [0.25, 0.3) is 0 Å². The van der Waals surface area contributed by atoms with Crippen molar-refractivity contribution in [3.05, 3.63) is 35.9 Å². The van der Waals surface area contributed by atoms with Crippen LogP contribution < -0.4 is 10.9 Å². The van der Waals surface area contributed by atoms with Crippen molar-refractivity contribution in [3.8, 4) is 0 Å². The average Bonchev–Trinajstić information content (AvgIpc) is 2.45. The van der Waals surface area contributed by atoms with E-state index in [1.807, 2.05) is 65.0 Å². The van der Waals surface area contributed by atoms with Crippen LogP contribution in [0.3, 0.4) is 0 Å². The highest BCUT2D eigenvalue weighted by molar-refractivity contribution is 5.67. The number of hydrogen-bond acceptors (Lipinski definition) is 4. The molecule has 5 nitrogen and oxygen atoms in total. The van der Waals surface area contributed by atoms with Crippen molar-refractivity contribution in [1.82, 2.24) is 10.9 Å². The summed E-state index contributed by atoms with van der Waals surface area (Å²) in [6.07, 6.45) is 0.299. The second-order valence-corrected chi connectivity index (χ2v) is 6.29. The Balaban J connectivity index is 2.38. The first kappa shape index (κ1) is 18.5. The molecular formula is C17H28N2O3. The van der Waals surface area contributed by atoms with E-state index in [0.29, 0.717) is 6.61 Å². The molecule has 1 aromatic carbocycles. The second-order valence-electron chi connectivity index (χ2n) is 6.29. The lowest BCUT2D eigenvalue weighted by Gasteiger charge is -2.26. The molecule has 5 heteroatoms.